The fourth-order valence-corrected chi connectivity index (χ4v) is 3.78. The first-order chi connectivity index (χ1) is 15.5. The van der Waals surface area contributed by atoms with Crippen LogP contribution in [0.3, 0.4) is 0 Å². The van der Waals surface area contributed by atoms with Crippen LogP contribution < -0.4 is 20.1 Å². The molecule has 2 amide bonds. The summed E-state index contributed by atoms with van der Waals surface area (Å²) in [5.41, 5.74) is 0.770. The van der Waals surface area contributed by atoms with Gasteiger partial charge < -0.3 is 24.8 Å². The van der Waals surface area contributed by atoms with E-state index in [1.807, 2.05) is 13.8 Å². The van der Waals surface area contributed by atoms with Crippen molar-refractivity contribution >= 4 is 35.2 Å². The highest BCUT2D eigenvalue weighted by Gasteiger charge is 2.18. The molecule has 1 aromatic carbocycles. The number of fused-ring (bicyclic) bond motifs is 1. The Hall–Kier alpha value is -3.27. The number of carbonyl (C=O) groups excluding carboxylic acids is 3. The Morgan fingerprint density at radius 2 is 2.00 bits per heavy atom. The predicted molar refractivity (Wildman–Crippen MR) is 119 cm³/mol. The Morgan fingerprint density at radius 1 is 1.19 bits per heavy atom. The van der Waals surface area contributed by atoms with Crippen molar-refractivity contribution in [3.8, 4) is 11.5 Å². The standard InChI is InChI=1S/C22H25N3O6S/c1-3-5-14(2)24-19(26)11-29-22(28)16-6-4-9-23-21(16)32-12-20(27)25-15-7-8-17-18(10-15)31-13-30-17/h4,6-10,14H,3,5,11-13H2,1-2H3,(H,24,26)(H,25,27). The summed E-state index contributed by atoms with van der Waals surface area (Å²) < 4.78 is 15.7. The smallest absolute Gasteiger partial charge is 0.341 e. The minimum atomic E-state index is -0.671. The summed E-state index contributed by atoms with van der Waals surface area (Å²) in [6.45, 7) is 3.70. The molecule has 32 heavy (non-hydrogen) atoms. The van der Waals surface area contributed by atoms with E-state index in [1.54, 1.807) is 30.3 Å². The number of nitrogens with zero attached hydrogens (tertiary/aromatic N) is 1. The summed E-state index contributed by atoms with van der Waals surface area (Å²) in [5.74, 6) is -0.0830. The quantitative estimate of drug-likeness (QED) is 0.412. The van der Waals surface area contributed by atoms with Crippen LogP contribution in [0.5, 0.6) is 11.5 Å². The van der Waals surface area contributed by atoms with Crippen molar-refractivity contribution in [1.29, 1.82) is 0 Å². The highest BCUT2D eigenvalue weighted by atomic mass is 32.2. The van der Waals surface area contributed by atoms with Gasteiger partial charge >= 0.3 is 5.97 Å². The molecule has 1 aromatic heterocycles. The van der Waals surface area contributed by atoms with Crippen molar-refractivity contribution in [2.24, 2.45) is 0 Å². The average molecular weight is 460 g/mol. The number of esters is 1. The van der Waals surface area contributed by atoms with Gasteiger partial charge in [-0.05, 0) is 37.6 Å². The van der Waals surface area contributed by atoms with Crippen molar-refractivity contribution in [2.75, 3.05) is 24.5 Å². The maximum atomic E-state index is 12.4. The molecule has 1 unspecified atom stereocenters. The molecule has 9 nitrogen and oxygen atoms in total. The maximum Gasteiger partial charge on any atom is 0.341 e. The fraction of sp³-hybridized carbons (Fsp3) is 0.364. The normalized spacial score (nSPS) is 12.7. The van der Waals surface area contributed by atoms with Gasteiger partial charge in [0, 0.05) is 24.0 Å². The number of benzene rings is 1. The maximum absolute atomic E-state index is 12.4. The van der Waals surface area contributed by atoms with Crippen molar-refractivity contribution in [3.05, 3.63) is 42.1 Å². The lowest BCUT2D eigenvalue weighted by Crippen LogP contribution is -2.35. The van der Waals surface area contributed by atoms with Crippen LogP contribution in [0.25, 0.3) is 0 Å². The molecule has 0 fully saturated rings. The Labute approximate surface area is 190 Å². The zero-order chi connectivity index (χ0) is 22.9. The van der Waals surface area contributed by atoms with Gasteiger partial charge in [0.1, 0.15) is 5.03 Å². The van der Waals surface area contributed by atoms with Crippen molar-refractivity contribution in [2.45, 2.75) is 37.8 Å². The number of rotatable bonds is 10. The van der Waals surface area contributed by atoms with Crippen LogP contribution >= 0.6 is 11.8 Å². The van der Waals surface area contributed by atoms with Gasteiger partial charge in [-0.15, -0.1) is 0 Å². The van der Waals surface area contributed by atoms with E-state index in [1.165, 1.54) is 6.20 Å². The second kappa shape index (κ2) is 11.4. The number of anilines is 1. The van der Waals surface area contributed by atoms with Crippen LogP contribution in [0, 0.1) is 0 Å². The van der Waals surface area contributed by atoms with E-state index in [4.69, 9.17) is 14.2 Å². The second-order valence-electron chi connectivity index (χ2n) is 7.09. The van der Waals surface area contributed by atoms with Gasteiger partial charge in [0.2, 0.25) is 12.7 Å². The zero-order valence-electron chi connectivity index (χ0n) is 17.9. The minimum absolute atomic E-state index is 0.0129. The first kappa shape index (κ1) is 23.4. The van der Waals surface area contributed by atoms with E-state index >= 15 is 0 Å². The highest BCUT2D eigenvalue weighted by Crippen LogP contribution is 2.34. The van der Waals surface area contributed by atoms with Crippen molar-refractivity contribution in [3.63, 3.8) is 0 Å². The molecule has 0 saturated heterocycles. The lowest BCUT2D eigenvalue weighted by molar-refractivity contribution is -0.124. The Morgan fingerprint density at radius 3 is 2.81 bits per heavy atom. The number of pyridine rings is 1. The van der Waals surface area contributed by atoms with Crippen molar-refractivity contribution < 1.29 is 28.6 Å². The van der Waals surface area contributed by atoms with Gasteiger partial charge in [0.15, 0.2) is 18.1 Å². The largest absolute Gasteiger partial charge is 0.454 e. The average Bonchev–Trinajstić information content (AvgIpc) is 3.24. The lowest BCUT2D eigenvalue weighted by Gasteiger charge is -2.13. The molecule has 3 rings (SSSR count). The van der Waals surface area contributed by atoms with Crippen molar-refractivity contribution in [1.82, 2.24) is 10.3 Å². The van der Waals surface area contributed by atoms with E-state index in [0.717, 1.165) is 24.6 Å². The number of ether oxygens (including phenoxy) is 3. The minimum Gasteiger partial charge on any atom is -0.454 e. The van der Waals surface area contributed by atoms with Gasteiger partial charge in [-0.25, -0.2) is 9.78 Å². The van der Waals surface area contributed by atoms with E-state index in [0.29, 0.717) is 22.2 Å². The molecule has 2 heterocycles. The number of hydrogen-bond donors (Lipinski definition) is 2. The molecule has 0 bridgehead atoms. The first-order valence-electron chi connectivity index (χ1n) is 10.2. The Bertz CT molecular complexity index is 984. The van der Waals surface area contributed by atoms with E-state index in [-0.39, 0.29) is 42.6 Å². The van der Waals surface area contributed by atoms with Crippen LogP contribution in [0.4, 0.5) is 5.69 Å². The molecule has 2 N–H and O–H groups in total. The number of carbonyl (C=O) groups is 3. The van der Waals surface area contributed by atoms with E-state index in [9.17, 15) is 14.4 Å². The number of nitrogens with one attached hydrogen (secondary N) is 2. The Kier molecular flexibility index (Phi) is 8.32. The Balaban J connectivity index is 1.51. The SMILES string of the molecule is CCCC(C)NC(=O)COC(=O)c1cccnc1SCC(=O)Nc1ccc2c(c1)OCO2. The molecule has 170 valence electrons. The molecule has 0 saturated carbocycles. The molecular weight excluding hydrogens is 434 g/mol. The summed E-state index contributed by atoms with van der Waals surface area (Å²) in [7, 11) is 0. The molecule has 0 spiro atoms. The molecule has 1 aliphatic heterocycles. The summed E-state index contributed by atoms with van der Waals surface area (Å²) in [5, 5.41) is 5.89. The van der Waals surface area contributed by atoms with E-state index in [2.05, 4.69) is 15.6 Å². The van der Waals surface area contributed by atoms with E-state index < -0.39 is 5.97 Å². The molecule has 2 aromatic rings. The number of hydrogen-bond acceptors (Lipinski definition) is 8. The van der Waals surface area contributed by atoms with Gasteiger partial charge in [0.25, 0.3) is 5.91 Å². The van der Waals surface area contributed by atoms with Crippen LogP contribution in [0.15, 0.2) is 41.6 Å². The lowest BCUT2D eigenvalue weighted by atomic mass is 10.2. The molecule has 1 atom stereocenters. The summed E-state index contributed by atoms with van der Waals surface area (Å²) >= 11 is 1.10. The second-order valence-corrected chi connectivity index (χ2v) is 8.06. The molecule has 0 radical (unpaired) electrons. The molecule has 10 heteroatoms. The van der Waals surface area contributed by atoms with Crippen LogP contribution in [-0.2, 0) is 14.3 Å². The predicted octanol–water partition coefficient (Wildman–Crippen LogP) is 3.00. The van der Waals surface area contributed by atoms with Crippen LogP contribution in [0.2, 0.25) is 0 Å². The van der Waals surface area contributed by atoms with Crippen LogP contribution in [0.1, 0.15) is 37.0 Å². The van der Waals surface area contributed by atoms with Crippen LogP contribution in [-0.4, -0.2) is 48.0 Å². The van der Waals surface area contributed by atoms with Gasteiger partial charge in [-0.1, -0.05) is 25.1 Å². The summed E-state index contributed by atoms with van der Waals surface area (Å²) in [6.07, 6.45) is 3.31. The number of aromatic nitrogens is 1. The molecule has 0 aliphatic carbocycles. The third-order valence-corrected chi connectivity index (χ3v) is 5.46. The summed E-state index contributed by atoms with van der Waals surface area (Å²) in [4.78, 5) is 40.9. The number of amides is 2. The molecular formula is C22H25N3O6S. The van der Waals surface area contributed by atoms with Gasteiger partial charge in [0.05, 0.1) is 11.3 Å². The highest BCUT2D eigenvalue weighted by molar-refractivity contribution is 8.00. The monoisotopic (exact) mass is 459 g/mol. The third-order valence-electron chi connectivity index (χ3n) is 4.45. The molecule has 1 aliphatic rings. The first-order valence-corrected chi connectivity index (χ1v) is 11.2. The topological polar surface area (TPSA) is 116 Å². The summed E-state index contributed by atoms with van der Waals surface area (Å²) in [6, 6.07) is 8.27. The van der Waals surface area contributed by atoms with Gasteiger partial charge in [-0.2, -0.15) is 0 Å². The fourth-order valence-electron chi connectivity index (χ4n) is 3.00. The zero-order valence-corrected chi connectivity index (χ0v) is 18.7. The third kappa shape index (κ3) is 6.61. The van der Waals surface area contributed by atoms with Gasteiger partial charge in [-0.3, -0.25) is 9.59 Å². The number of thioether (sulfide) groups is 1.